The van der Waals surface area contributed by atoms with E-state index in [0.29, 0.717) is 24.2 Å². The molecule has 1 saturated heterocycles. The number of fused-ring (bicyclic) bond motifs is 1. The molecule has 0 radical (unpaired) electrons. The number of para-hydroxylation sites is 1. The zero-order valence-electron chi connectivity index (χ0n) is 12.5. The van der Waals surface area contributed by atoms with Crippen LogP contribution in [0.3, 0.4) is 0 Å². The summed E-state index contributed by atoms with van der Waals surface area (Å²) in [4.78, 5) is 27.8. The first-order valence-electron chi connectivity index (χ1n) is 7.33. The van der Waals surface area contributed by atoms with E-state index < -0.39 is 0 Å². The number of nitrogens with zero attached hydrogens (tertiary/aromatic N) is 3. The van der Waals surface area contributed by atoms with Gasteiger partial charge in [-0.2, -0.15) is 0 Å². The SMILES string of the molecule is O=C(CSc1nnc(-c2c[nH]c3ccccc23)o1)N1CCNC1=O. The van der Waals surface area contributed by atoms with Gasteiger partial charge in [-0.15, -0.1) is 10.2 Å². The number of carbonyl (C=O) groups is 2. The van der Waals surface area contributed by atoms with Gasteiger partial charge >= 0.3 is 6.03 Å². The third-order valence-corrected chi connectivity index (χ3v) is 4.51. The number of hydrogen-bond acceptors (Lipinski definition) is 6. The highest BCUT2D eigenvalue weighted by Crippen LogP contribution is 2.29. The molecule has 3 heterocycles. The van der Waals surface area contributed by atoms with Crippen LogP contribution < -0.4 is 5.32 Å². The zero-order valence-corrected chi connectivity index (χ0v) is 13.3. The maximum absolute atomic E-state index is 12.0. The molecule has 122 valence electrons. The van der Waals surface area contributed by atoms with Crippen molar-refractivity contribution in [1.82, 2.24) is 25.4 Å². The van der Waals surface area contributed by atoms with Crippen LogP contribution in [0, 0.1) is 0 Å². The van der Waals surface area contributed by atoms with Crippen molar-refractivity contribution >= 4 is 34.6 Å². The average Bonchev–Trinajstić information content (AvgIpc) is 3.31. The molecule has 0 aliphatic carbocycles. The minimum Gasteiger partial charge on any atom is -0.411 e. The number of hydrogen-bond donors (Lipinski definition) is 2. The molecule has 0 atom stereocenters. The van der Waals surface area contributed by atoms with E-state index in [0.717, 1.165) is 28.2 Å². The molecule has 2 aromatic heterocycles. The van der Waals surface area contributed by atoms with Gasteiger partial charge in [0.2, 0.25) is 5.91 Å². The molecule has 0 unspecified atom stereocenters. The number of carbonyl (C=O) groups excluding carboxylic acids is 2. The van der Waals surface area contributed by atoms with Crippen molar-refractivity contribution in [2.24, 2.45) is 0 Å². The third kappa shape index (κ3) is 2.62. The van der Waals surface area contributed by atoms with Gasteiger partial charge in [0.25, 0.3) is 11.1 Å². The van der Waals surface area contributed by atoms with Gasteiger partial charge in [-0.05, 0) is 6.07 Å². The Labute approximate surface area is 140 Å². The number of amides is 3. The number of nitrogens with one attached hydrogen (secondary N) is 2. The molecular weight excluding hydrogens is 330 g/mol. The van der Waals surface area contributed by atoms with Crippen LogP contribution in [0.2, 0.25) is 0 Å². The van der Waals surface area contributed by atoms with E-state index >= 15 is 0 Å². The second kappa shape index (κ2) is 6.00. The molecule has 0 bridgehead atoms. The van der Waals surface area contributed by atoms with Crippen molar-refractivity contribution in [2.75, 3.05) is 18.8 Å². The van der Waals surface area contributed by atoms with Crippen molar-refractivity contribution in [3.05, 3.63) is 30.5 Å². The van der Waals surface area contributed by atoms with Gasteiger partial charge in [0.1, 0.15) is 0 Å². The number of benzene rings is 1. The number of urea groups is 1. The highest BCUT2D eigenvalue weighted by Gasteiger charge is 2.26. The van der Waals surface area contributed by atoms with E-state index in [4.69, 9.17) is 4.42 Å². The fourth-order valence-corrected chi connectivity index (χ4v) is 3.18. The number of thioether (sulfide) groups is 1. The quantitative estimate of drug-likeness (QED) is 0.701. The van der Waals surface area contributed by atoms with Crippen LogP contribution in [-0.4, -0.2) is 50.9 Å². The second-order valence-corrected chi connectivity index (χ2v) is 6.11. The third-order valence-electron chi connectivity index (χ3n) is 3.70. The molecule has 1 aliphatic rings. The Morgan fingerprint density at radius 1 is 1.33 bits per heavy atom. The topological polar surface area (TPSA) is 104 Å². The minimum absolute atomic E-state index is 0.0724. The van der Waals surface area contributed by atoms with E-state index in [9.17, 15) is 9.59 Å². The lowest BCUT2D eigenvalue weighted by Gasteiger charge is -2.10. The molecule has 1 fully saturated rings. The maximum Gasteiger partial charge on any atom is 0.324 e. The summed E-state index contributed by atoms with van der Waals surface area (Å²) in [6, 6.07) is 7.45. The molecule has 0 saturated carbocycles. The number of imide groups is 1. The largest absolute Gasteiger partial charge is 0.411 e. The van der Waals surface area contributed by atoms with Gasteiger partial charge in [0.15, 0.2) is 0 Å². The van der Waals surface area contributed by atoms with E-state index in [1.165, 1.54) is 4.90 Å². The van der Waals surface area contributed by atoms with Crippen molar-refractivity contribution in [1.29, 1.82) is 0 Å². The summed E-state index contributed by atoms with van der Waals surface area (Å²) >= 11 is 1.12. The summed E-state index contributed by atoms with van der Waals surface area (Å²) in [7, 11) is 0. The predicted molar refractivity (Wildman–Crippen MR) is 87.4 cm³/mol. The van der Waals surface area contributed by atoms with Gasteiger partial charge in [-0.25, -0.2) is 4.79 Å². The van der Waals surface area contributed by atoms with Crippen molar-refractivity contribution in [3.8, 4) is 11.5 Å². The van der Waals surface area contributed by atoms with Gasteiger partial charge in [-0.1, -0.05) is 30.0 Å². The Kier molecular flexibility index (Phi) is 3.69. The van der Waals surface area contributed by atoms with Crippen LogP contribution in [0.5, 0.6) is 0 Å². The number of aromatic amines is 1. The van der Waals surface area contributed by atoms with E-state index in [2.05, 4.69) is 20.5 Å². The Balaban J connectivity index is 1.47. The van der Waals surface area contributed by atoms with E-state index in [1.54, 1.807) is 0 Å². The van der Waals surface area contributed by atoms with Gasteiger partial charge in [0, 0.05) is 30.2 Å². The van der Waals surface area contributed by atoms with Gasteiger partial charge < -0.3 is 14.7 Å². The molecule has 2 N–H and O–H groups in total. The van der Waals surface area contributed by atoms with Crippen LogP contribution in [0.4, 0.5) is 4.79 Å². The molecule has 3 aromatic rings. The summed E-state index contributed by atoms with van der Waals surface area (Å²) in [6.07, 6.45) is 1.81. The Morgan fingerprint density at radius 2 is 2.21 bits per heavy atom. The fraction of sp³-hybridized carbons (Fsp3) is 0.200. The number of H-pyrrole nitrogens is 1. The average molecular weight is 343 g/mol. The lowest BCUT2D eigenvalue weighted by atomic mass is 10.2. The summed E-state index contributed by atoms with van der Waals surface area (Å²) in [5.74, 6) is 0.186. The van der Waals surface area contributed by atoms with Crippen molar-refractivity contribution in [2.45, 2.75) is 5.22 Å². The molecule has 3 amide bonds. The van der Waals surface area contributed by atoms with Gasteiger partial charge in [0.05, 0.1) is 11.3 Å². The summed E-state index contributed by atoms with van der Waals surface area (Å²) in [6.45, 7) is 0.878. The van der Waals surface area contributed by atoms with Crippen LogP contribution in [0.25, 0.3) is 22.4 Å². The maximum atomic E-state index is 12.0. The van der Waals surface area contributed by atoms with Crippen LogP contribution in [-0.2, 0) is 4.79 Å². The van der Waals surface area contributed by atoms with Crippen LogP contribution in [0.1, 0.15) is 0 Å². The highest BCUT2D eigenvalue weighted by atomic mass is 32.2. The second-order valence-electron chi connectivity index (χ2n) is 5.19. The summed E-state index contributed by atoms with van der Waals surface area (Å²) in [5, 5.41) is 11.9. The lowest BCUT2D eigenvalue weighted by Crippen LogP contribution is -2.35. The molecule has 9 heteroatoms. The molecule has 1 aromatic carbocycles. The normalized spacial score (nSPS) is 14.3. The summed E-state index contributed by atoms with van der Waals surface area (Å²) in [5.41, 5.74) is 1.80. The van der Waals surface area contributed by atoms with E-state index in [-0.39, 0.29) is 17.7 Å². The number of aromatic nitrogens is 3. The first-order valence-corrected chi connectivity index (χ1v) is 8.32. The monoisotopic (exact) mass is 343 g/mol. The number of rotatable bonds is 4. The van der Waals surface area contributed by atoms with Crippen molar-refractivity contribution in [3.63, 3.8) is 0 Å². The fourth-order valence-electron chi connectivity index (χ4n) is 2.54. The molecule has 0 spiro atoms. The first-order chi connectivity index (χ1) is 11.7. The first kappa shape index (κ1) is 14.8. The smallest absolute Gasteiger partial charge is 0.324 e. The standard InChI is InChI=1S/C15H13N5O3S/c21-12(20-6-5-16-14(20)22)8-24-15-19-18-13(23-15)10-7-17-11-4-2-1-3-9(10)11/h1-4,7,17H,5-6,8H2,(H,16,22). The van der Waals surface area contributed by atoms with Crippen LogP contribution >= 0.6 is 11.8 Å². The molecular formula is C15H13N5O3S. The van der Waals surface area contributed by atoms with Crippen molar-refractivity contribution < 1.29 is 14.0 Å². The van der Waals surface area contributed by atoms with E-state index in [1.807, 2.05) is 30.5 Å². The Bertz CT molecular complexity index is 919. The lowest BCUT2D eigenvalue weighted by molar-refractivity contribution is -0.124. The van der Waals surface area contributed by atoms with Gasteiger partial charge in [-0.3, -0.25) is 9.69 Å². The Hall–Kier alpha value is -2.81. The summed E-state index contributed by atoms with van der Waals surface area (Å²) < 4.78 is 5.63. The molecule has 8 nitrogen and oxygen atoms in total. The predicted octanol–water partition coefficient (Wildman–Crippen LogP) is 1.86. The highest BCUT2D eigenvalue weighted by molar-refractivity contribution is 7.99. The molecule has 1 aliphatic heterocycles. The molecule has 4 rings (SSSR count). The Morgan fingerprint density at radius 3 is 3.04 bits per heavy atom. The minimum atomic E-state index is -0.356. The van der Waals surface area contributed by atoms with Crippen LogP contribution in [0.15, 0.2) is 40.1 Å². The molecule has 24 heavy (non-hydrogen) atoms. The zero-order chi connectivity index (χ0) is 16.5.